The summed E-state index contributed by atoms with van der Waals surface area (Å²) in [6.45, 7) is 3.19. The van der Waals surface area contributed by atoms with E-state index in [1.54, 1.807) is 0 Å². The van der Waals surface area contributed by atoms with Gasteiger partial charge in [-0.15, -0.1) is 0 Å². The second-order valence-corrected chi connectivity index (χ2v) is 6.47. The molecule has 1 heterocycles. The van der Waals surface area contributed by atoms with Crippen LogP contribution in [-0.2, 0) is 5.54 Å². The highest BCUT2D eigenvalue weighted by Crippen LogP contribution is 2.23. The number of piperidine rings is 1. The molecule has 4 heteroatoms. The van der Waals surface area contributed by atoms with E-state index in [0.717, 1.165) is 31.6 Å². The quantitative estimate of drug-likeness (QED) is 0.828. The average Bonchev–Trinajstić information content (AvgIpc) is 2.54. The molecule has 21 heavy (non-hydrogen) atoms. The van der Waals surface area contributed by atoms with Gasteiger partial charge in [0.2, 0.25) is 0 Å². The largest absolute Gasteiger partial charge is 0.394 e. The van der Waals surface area contributed by atoms with Gasteiger partial charge in [-0.05, 0) is 52.0 Å². The van der Waals surface area contributed by atoms with Crippen molar-refractivity contribution in [1.82, 2.24) is 9.80 Å². The van der Waals surface area contributed by atoms with Crippen molar-refractivity contribution in [3.05, 3.63) is 35.9 Å². The van der Waals surface area contributed by atoms with Crippen molar-refractivity contribution in [3.8, 4) is 0 Å². The molecule has 1 unspecified atom stereocenters. The van der Waals surface area contributed by atoms with Crippen LogP contribution in [0.25, 0.3) is 0 Å². The zero-order valence-electron chi connectivity index (χ0n) is 13.3. The Balaban J connectivity index is 1.87. The second kappa shape index (κ2) is 7.36. The fourth-order valence-corrected chi connectivity index (χ4v) is 3.10. The Morgan fingerprint density at radius 1 is 1.24 bits per heavy atom. The van der Waals surface area contributed by atoms with Crippen molar-refractivity contribution in [3.63, 3.8) is 0 Å². The van der Waals surface area contributed by atoms with Gasteiger partial charge in [0.1, 0.15) is 0 Å². The molecule has 0 saturated carbocycles. The van der Waals surface area contributed by atoms with Gasteiger partial charge in [0.05, 0.1) is 12.1 Å². The van der Waals surface area contributed by atoms with Gasteiger partial charge >= 0.3 is 0 Å². The van der Waals surface area contributed by atoms with Crippen molar-refractivity contribution in [1.29, 1.82) is 0 Å². The normalized spacial score (nSPS) is 20.6. The molecule has 0 aliphatic carbocycles. The van der Waals surface area contributed by atoms with Gasteiger partial charge < -0.3 is 20.6 Å². The smallest absolute Gasteiger partial charge is 0.0656 e. The summed E-state index contributed by atoms with van der Waals surface area (Å²) in [6.07, 6.45) is 3.23. The van der Waals surface area contributed by atoms with Crippen LogP contribution in [0.1, 0.15) is 24.8 Å². The molecule has 0 spiro atoms. The summed E-state index contributed by atoms with van der Waals surface area (Å²) in [5.41, 5.74) is 6.82. The zero-order chi connectivity index (χ0) is 15.3. The summed E-state index contributed by atoms with van der Waals surface area (Å²) < 4.78 is 0. The number of aliphatic hydroxyl groups excluding tert-OH is 1. The number of rotatable bonds is 6. The van der Waals surface area contributed by atoms with Gasteiger partial charge in [-0.2, -0.15) is 0 Å². The summed E-state index contributed by atoms with van der Waals surface area (Å²) in [6, 6.07) is 10.7. The molecular formula is C17H29N3O. The Kier molecular flexibility index (Phi) is 5.76. The molecule has 1 saturated heterocycles. The number of aliphatic hydroxyl groups is 1. The molecule has 0 radical (unpaired) electrons. The minimum atomic E-state index is -0.625. The lowest BCUT2D eigenvalue weighted by molar-refractivity contribution is 0.121. The highest BCUT2D eigenvalue weighted by atomic mass is 16.3. The third-order valence-electron chi connectivity index (χ3n) is 4.79. The van der Waals surface area contributed by atoms with E-state index in [0.29, 0.717) is 6.04 Å². The first-order chi connectivity index (χ1) is 10.0. The van der Waals surface area contributed by atoms with Crippen LogP contribution < -0.4 is 5.73 Å². The van der Waals surface area contributed by atoms with Crippen LogP contribution in [0.15, 0.2) is 30.3 Å². The van der Waals surface area contributed by atoms with E-state index < -0.39 is 5.54 Å². The van der Waals surface area contributed by atoms with Crippen LogP contribution in [-0.4, -0.2) is 61.3 Å². The second-order valence-electron chi connectivity index (χ2n) is 6.47. The summed E-state index contributed by atoms with van der Waals surface area (Å²) in [5.74, 6) is 0. The maximum atomic E-state index is 9.73. The molecule has 0 bridgehead atoms. The summed E-state index contributed by atoms with van der Waals surface area (Å²) in [4.78, 5) is 4.79. The first-order valence-corrected chi connectivity index (χ1v) is 7.89. The maximum absolute atomic E-state index is 9.73. The van der Waals surface area contributed by atoms with Gasteiger partial charge in [-0.25, -0.2) is 0 Å². The van der Waals surface area contributed by atoms with Crippen LogP contribution in [0.3, 0.4) is 0 Å². The molecule has 4 nitrogen and oxygen atoms in total. The van der Waals surface area contributed by atoms with Gasteiger partial charge in [0.25, 0.3) is 0 Å². The zero-order valence-corrected chi connectivity index (χ0v) is 13.3. The van der Waals surface area contributed by atoms with Crippen molar-refractivity contribution >= 4 is 0 Å². The van der Waals surface area contributed by atoms with E-state index >= 15 is 0 Å². The third-order valence-corrected chi connectivity index (χ3v) is 4.79. The van der Waals surface area contributed by atoms with Crippen molar-refractivity contribution in [2.24, 2.45) is 5.73 Å². The van der Waals surface area contributed by atoms with E-state index in [4.69, 9.17) is 5.73 Å². The van der Waals surface area contributed by atoms with Gasteiger partial charge in [0.15, 0.2) is 0 Å². The van der Waals surface area contributed by atoms with E-state index in [1.807, 2.05) is 30.3 Å². The molecular weight excluding hydrogens is 262 g/mol. The molecule has 1 atom stereocenters. The van der Waals surface area contributed by atoms with E-state index in [2.05, 4.69) is 23.9 Å². The first-order valence-electron chi connectivity index (χ1n) is 7.89. The number of benzene rings is 1. The van der Waals surface area contributed by atoms with Crippen molar-refractivity contribution in [2.75, 3.05) is 40.3 Å². The Bertz CT molecular complexity index is 415. The summed E-state index contributed by atoms with van der Waals surface area (Å²) in [7, 11) is 4.32. The van der Waals surface area contributed by atoms with Crippen molar-refractivity contribution < 1.29 is 5.11 Å². The van der Waals surface area contributed by atoms with Crippen LogP contribution >= 0.6 is 0 Å². The Hall–Kier alpha value is -0.940. The molecule has 1 aromatic carbocycles. The SMILES string of the molecule is CN(C)C1CCN(CCC(N)(CO)c2ccccc2)CC1. The first kappa shape index (κ1) is 16.4. The van der Waals surface area contributed by atoms with Crippen LogP contribution in [0.4, 0.5) is 0 Å². The highest BCUT2D eigenvalue weighted by Gasteiger charge is 2.28. The highest BCUT2D eigenvalue weighted by molar-refractivity contribution is 5.24. The summed E-state index contributed by atoms with van der Waals surface area (Å²) in [5, 5.41) is 9.73. The van der Waals surface area contributed by atoms with Gasteiger partial charge in [-0.3, -0.25) is 0 Å². The predicted octanol–water partition coefficient (Wildman–Crippen LogP) is 1.25. The molecule has 0 amide bonds. The third kappa shape index (κ3) is 4.27. The Morgan fingerprint density at radius 3 is 2.38 bits per heavy atom. The number of hydrogen-bond donors (Lipinski definition) is 2. The fraction of sp³-hybridized carbons (Fsp3) is 0.647. The molecule has 0 aromatic heterocycles. The molecule has 1 aromatic rings. The molecule has 2 rings (SSSR count). The van der Waals surface area contributed by atoms with E-state index in [-0.39, 0.29) is 6.61 Å². The van der Waals surface area contributed by atoms with Crippen LogP contribution in [0, 0.1) is 0 Å². The Morgan fingerprint density at radius 2 is 1.86 bits per heavy atom. The van der Waals surface area contributed by atoms with Crippen LogP contribution in [0.2, 0.25) is 0 Å². The molecule has 1 aliphatic heterocycles. The van der Waals surface area contributed by atoms with Crippen LogP contribution in [0.5, 0.6) is 0 Å². The van der Waals surface area contributed by atoms with Gasteiger partial charge in [0, 0.05) is 12.6 Å². The lowest BCUT2D eigenvalue weighted by Gasteiger charge is -2.37. The number of nitrogens with zero attached hydrogens (tertiary/aromatic N) is 2. The molecule has 1 fully saturated rings. The van der Waals surface area contributed by atoms with Crippen molar-refractivity contribution in [2.45, 2.75) is 30.8 Å². The lowest BCUT2D eigenvalue weighted by atomic mass is 9.88. The number of likely N-dealkylation sites (tertiary alicyclic amines) is 1. The number of hydrogen-bond acceptors (Lipinski definition) is 4. The lowest BCUT2D eigenvalue weighted by Crippen LogP contribution is -2.46. The Labute approximate surface area is 128 Å². The number of nitrogens with two attached hydrogens (primary N) is 1. The monoisotopic (exact) mass is 291 g/mol. The molecule has 1 aliphatic rings. The summed E-state index contributed by atoms with van der Waals surface area (Å²) >= 11 is 0. The topological polar surface area (TPSA) is 52.7 Å². The fourth-order valence-electron chi connectivity index (χ4n) is 3.10. The molecule has 118 valence electrons. The maximum Gasteiger partial charge on any atom is 0.0656 e. The average molecular weight is 291 g/mol. The minimum Gasteiger partial charge on any atom is -0.394 e. The minimum absolute atomic E-state index is 0.00875. The standard InChI is InChI=1S/C17H29N3O/c1-19(2)16-8-11-20(12-9-16)13-10-17(18,14-21)15-6-4-3-5-7-15/h3-7,16,21H,8-14,18H2,1-2H3. The predicted molar refractivity (Wildman–Crippen MR) is 87.2 cm³/mol. The van der Waals surface area contributed by atoms with E-state index in [1.165, 1.54) is 12.8 Å². The molecule has 3 N–H and O–H groups in total. The van der Waals surface area contributed by atoms with Gasteiger partial charge in [-0.1, -0.05) is 30.3 Å². The van der Waals surface area contributed by atoms with E-state index in [9.17, 15) is 5.11 Å².